The van der Waals surface area contributed by atoms with Crippen LogP contribution in [-0.4, -0.2) is 18.6 Å². The summed E-state index contributed by atoms with van der Waals surface area (Å²) in [6.07, 6.45) is 5.31. The highest BCUT2D eigenvalue weighted by atomic mass is 16.5. The molecular formula is C23H24N2O2. The summed E-state index contributed by atoms with van der Waals surface area (Å²) in [7, 11) is 1.69. The molecule has 2 heterocycles. The number of anilines is 1. The number of hydrogen-bond donors (Lipinski definition) is 1. The Morgan fingerprint density at radius 1 is 1.04 bits per heavy atom. The Morgan fingerprint density at radius 2 is 2.00 bits per heavy atom. The van der Waals surface area contributed by atoms with Crippen molar-refractivity contribution < 1.29 is 9.47 Å². The zero-order chi connectivity index (χ0) is 18.5. The van der Waals surface area contributed by atoms with Crippen LogP contribution in [0.5, 0.6) is 11.5 Å². The van der Waals surface area contributed by atoms with E-state index in [1.165, 1.54) is 24.1 Å². The smallest absolute Gasteiger partial charge is 0.130 e. The van der Waals surface area contributed by atoms with Crippen LogP contribution in [0, 0.1) is 0 Å². The van der Waals surface area contributed by atoms with Gasteiger partial charge in [-0.2, -0.15) is 0 Å². The molecule has 0 fully saturated rings. The lowest BCUT2D eigenvalue weighted by atomic mass is 9.98. The van der Waals surface area contributed by atoms with E-state index < -0.39 is 0 Å². The predicted molar refractivity (Wildman–Crippen MR) is 108 cm³/mol. The molecule has 138 valence electrons. The molecule has 3 aromatic rings. The van der Waals surface area contributed by atoms with Crippen LogP contribution < -0.4 is 14.8 Å². The molecule has 4 nitrogen and oxygen atoms in total. The molecular weight excluding hydrogens is 336 g/mol. The summed E-state index contributed by atoms with van der Waals surface area (Å²) in [5, 5.41) is 3.52. The van der Waals surface area contributed by atoms with Gasteiger partial charge in [0.2, 0.25) is 0 Å². The van der Waals surface area contributed by atoms with Crippen LogP contribution in [0.3, 0.4) is 0 Å². The quantitative estimate of drug-likeness (QED) is 0.689. The number of ether oxygens (including phenoxy) is 2. The van der Waals surface area contributed by atoms with E-state index in [2.05, 4.69) is 28.5 Å². The largest absolute Gasteiger partial charge is 0.497 e. The van der Waals surface area contributed by atoms with Gasteiger partial charge in [0.05, 0.1) is 12.8 Å². The number of fused-ring (bicyclic) bond motifs is 1. The van der Waals surface area contributed by atoms with Crippen LogP contribution in [0.15, 0.2) is 60.8 Å². The number of aromatic nitrogens is 1. The Bertz CT molecular complexity index is 910. The van der Waals surface area contributed by atoms with Crippen LogP contribution in [0.1, 0.15) is 24.1 Å². The Balaban J connectivity index is 1.67. The summed E-state index contributed by atoms with van der Waals surface area (Å²) >= 11 is 0. The first kappa shape index (κ1) is 17.4. The first-order valence-corrected chi connectivity index (χ1v) is 9.41. The van der Waals surface area contributed by atoms with E-state index in [1.807, 2.05) is 36.4 Å². The molecule has 1 aromatic heterocycles. The van der Waals surface area contributed by atoms with Gasteiger partial charge < -0.3 is 14.8 Å². The number of nitrogens with one attached hydrogen (secondary N) is 1. The Labute approximate surface area is 160 Å². The first-order valence-electron chi connectivity index (χ1n) is 9.41. The maximum atomic E-state index is 6.11. The molecule has 0 saturated heterocycles. The van der Waals surface area contributed by atoms with E-state index >= 15 is 0 Å². The molecule has 1 N–H and O–H groups in total. The lowest BCUT2D eigenvalue weighted by Gasteiger charge is -2.15. The molecule has 0 amide bonds. The van der Waals surface area contributed by atoms with Gasteiger partial charge in [0.1, 0.15) is 18.1 Å². The summed E-state index contributed by atoms with van der Waals surface area (Å²) in [6.45, 7) is 1.48. The monoisotopic (exact) mass is 360 g/mol. The van der Waals surface area contributed by atoms with E-state index in [0.717, 1.165) is 41.3 Å². The fraction of sp³-hybridized carbons (Fsp3) is 0.261. The van der Waals surface area contributed by atoms with E-state index in [-0.39, 0.29) is 0 Å². The Morgan fingerprint density at radius 3 is 2.85 bits per heavy atom. The van der Waals surface area contributed by atoms with Crippen LogP contribution in [0.4, 0.5) is 5.69 Å². The standard InChI is InChI=1S/C23H24N2O2/c1-26-20-9-11-23(27-16-19-7-3-5-12-24-19)21(15-20)17-8-10-22-18(14-17)6-2-4-13-25-22/h3,5,7-12,14-15,25H,2,4,6,13,16H2,1H3. The number of rotatable bonds is 5. The third-order valence-corrected chi connectivity index (χ3v) is 4.89. The van der Waals surface area contributed by atoms with Crippen molar-refractivity contribution in [2.45, 2.75) is 25.9 Å². The van der Waals surface area contributed by atoms with E-state index in [1.54, 1.807) is 13.3 Å². The van der Waals surface area contributed by atoms with Crippen molar-refractivity contribution in [1.82, 2.24) is 4.98 Å². The van der Waals surface area contributed by atoms with Crippen LogP contribution in [-0.2, 0) is 13.0 Å². The molecule has 0 bridgehead atoms. The SMILES string of the molecule is COc1ccc(OCc2ccccn2)c(-c2ccc3c(c2)CCCCN3)c1. The molecule has 0 unspecified atom stereocenters. The van der Waals surface area contributed by atoms with Gasteiger partial charge in [0, 0.05) is 24.0 Å². The Hall–Kier alpha value is -3.01. The highest BCUT2D eigenvalue weighted by molar-refractivity contribution is 5.75. The predicted octanol–water partition coefficient (Wildman–Crippen LogP) is 5.08. The minimum absolute atomic E-state index is 0.437. The lowest BCUT2D eigenvalue weighted by Crippen LogP contribution is -2.01. The Kier molecular flexibility index (Phi) is 5.24. The zero-order valence-electron chi connectivity index (χ0n) is 15.6. The van der Waals surface area contributed by atoms with Crippen LogP contribution >= 0.6 is 0 Å². The van der Waals surface area contributed by atoms with Crippen molar-refractivity contribution in [2.75, 3.05) is 19.0 Å². The lowest BCUT2D eigenvalue weighted by molar-refractivity contribution is 0.302. The summed E-state index contributed by atoms with van der Waals surface area (Å²) in [5.74, 6) is 1.66. The van der Waals surface area contributed by atoms with Crippen molar-refractivity contribution in [3.63, 3.8) is 0 Å². The molecule has 0 radical (unpaired) electrons. The van der Waals surface area contributed by atoms with Crippen molar-refractivity contribution in [3.8, 4) is 22.6 Å². The van der Waals surface area contributed by atoms with E-state index in [0.29, 0.717) is 6.61 Å². The van der Waals surface area contributed by atoms with Gasteiger partial charge in [-0.15, -0.1) is 0 Å². The molecule has 27 heavy (non-hydrogen) atoms. The van der Waals surface area contributed by atoms with E-state index in [4.69, 9.17) is 9.47 Å². The summed E-state index contributed by atoms with van der Waals surface area (Å²) in [6, 6.07) is 18.4. The van der Waals surface area contributed by atoms with E-state index in [9.17, 15) is 0 Å². The molecule has 4 heteroatoms. The minimum Gasteiger partial charge on any atom is -0.497 e. The number of nitrogens with zero attached hydrogens (tertiary/aromatic N) is 1. The van der Waals surface area contributed by atoms with Gasteiger partial charge in [-0.3, -0.25) is 4.98 Å². The number of benzene rings is 2. The summed E-state index contributed by atoms with van der Waals surface area (Å²) in [4.78, 5) is 4.34. The molecule has 2 aromatic carbocycles. The van der Waals surface area contributed by atoms with Gasteiger partial charge in [-0.25, -0.2) is 0 Å². The number of aryl methyl sites for hydroxylation is 1. The highest BCUT2D eigenvalue weighted by Crippen LogP contribution is 2.36. The van der Waals surface area contributed by atoms with Gasteiger partial charge in [0.15, 0.2) is 0 Å². The normalized spacial score (nSPS) is 13.2. The molecule has 1 aliphatic rings. The van der Waals surface area contributed by atoms with Gasteiger partial charge in [-0.05, 0) is 72.9 Å². The number of hydrogen-bond acceptors (Lipinski definition) is 4. The van der Waals surface area contributed by atoms with Crippen molar-refractivity contribution in [3.05, 3.63) is 72.1 Å². The van der Waals surface area contributed by atoms with Crippen molar-refractivity contribution in [2.24, 2.45) is 0 Å². The van der Waals surface area contributed by atoms with Crippen LogP contribution in [0.25, 0.3) is 11.1 Å². The highest BCUT2D eigenvalue weighted by Gasteiger charge is 2.13. The van der Waals surface area contributed by atoms with Crippen molar-refractivity contribution >= 4 is 5.69 Å². The van der Waals surface area contributed by atoms with Crippen LogP contribution in [0.2, 0.25) is 0 Å². The second kappa shape index (κ2) is 8.12. The van der Waals surface area contributed by atoms with Gasteiger partial charge >= 0.3 is 0 Å². The topological polar surface area (TPSA) is 43.4 Å². The molecule has 0 atom stereocenters. The molecule has 1 aliphatic heterocycles. The second-order valence-corrected chi connectivity index (χ2v) is 6.73. The fourth-order valence-electron chi connectivity index (χ4n) is 3.43. The number of methoxy groups -OCH3 is 1. The summed E-state index contributed by atoms with van der Waals surface area (Å²) in [5.41, 5.74) is 5.70. The second-order valence-electron chi connectivity index (χ2n) is 6.73. The third-order valence-electron chi connectivity index (χ3n) is 4.89. The maximum Gasteiger partial charge on any atom is 0.130 e. The average Bonchev–Trinajstić information content (AvgIpc) is 2.97. The molecule has 0 aliphatic carbocycles. The summed E-state index contributed by atoms with van der Waals surface area (Å²) < 4.78 is 11.6. The average molecular weight is 360 g/mol. The van der Waals surface area contributed by atoms with Gasteiger partial charge in [-0.1, -0.05) is 12.1 Å². The fourth-order valence-corrected chi connectivity index (χ4v) is 3.43. The number of pyridine rings is 1. The third kappa shape index (κ3) is 4.05. The van der Waals surface area contributed by atoms with Gasteiger partial charge in [0.25, 0.3) is 0 Å². The molecule has 0 saturated carbocycles. The first-order chi connectivity index (χ1) is 13.3. The molecule has 0 spiro atoms. The zero-order valence-corrected chi connectivity index (χ0v) is 15.6. The maximum absolute atomic E-state index is 6.11. The molecule has 4 rings (SSSR count). The van der Waals surface area contributed by atoms with Crippen molar-refractivity contribution in [1.29, 1.82) is 0 Å². The minimum atomic E-state index is 0.437.